The molecule has 3 heteroatoms. The number of hydrogen-bond donors (Lipinski definition) is 2. The lowest BCUT2D eigenvalue weighted by molar-refractivity contribution is 0.495. The molecule has 0 spiro atoms. The molecule has 0 aromatic rings. The summed E-state index contributed by atoms with van der Waals surface area (Å²) >= 11 is 2.09. The second kappa shape index (κ2) is 5.38. The van der Waals surface area contributed by atoms with Crippen LogP contribution in [0.3, 0.4) is 0 Å². The number of nitrogens with one attached hydrogen (secondary N) is 2. The summed E-state index contributed by atoms with van der Waals surface area (Å²) in [4.78, 5) is 0. The second-order valence-corrected chi connectivity index (χ2v) is 5.84. The van der Waals surface area contributed by atoms with Crippen LogP contribution in [-0.2, 0) is 0 Å². The molecule has 1 heterocycles. The minimum Gasteiger partial charge on any atom is -0.316 e. The van der Waals surface area contributed by atoms with Crippen molar-refractivity contribution in [3.63, 3.8) is 0 Å². The summed E-state index contributed by atoms with van der Waals surface area (Å²) in [6, 6.07) is 0.762. The minimum absolute atomic E-state index is 0.762. The highest BCUT2D eigenvalue weighted by atomic mass is 32.2. The fourth-order valence-electron chi connectivity index (χ4n) is 2.05. The van der Waals surface area contributed by atoms with Crippen LogP contribution in [0.2, 0.25) is 0 Å². The third-order valence-electron chi connectivity index (χ3n) is 3.35. The van der Waals surface area contributed by atoms with E-state index in [9.17, 15) is 0 Å². The molecule has 2 aliphatic rings. The predicted octanol–water partition coefficient (Wildman–Crippen LogP) is 1.33. The molecule has 1 saturated carbocycles. The highest BCUT2D eigenvalue weighted by molar-refractivity contribution is 7.99. The van der Waals surface area contributed by atoms with Gasteiger partial charge in [0.1, 0.15) is 0 Å². The van der Waals surface area contributed by atoms with Gasteiger partial charge in [0, 0.05) is 24.1 Å². The molecule has 3 atom stereocenters. The van der Waals surface area contributed by atoms with Gasteiger partial charge in [-0.2, -0.15) is 11.8 Å². The van der Waals surface area contributed by atoms with E-state index in [1.54, 1.807) is 0 Å². The summed E-state index contributed by atoms with van der Waals surface area (Å²) in [5, 5.41) is 7.15. The standard InChI is InChI=1S/C11H22N2S/c1-9-6-10(9)7-12-3-2-11-8-14-5-4-13-11/h9-13H,2-8H2,1H3. The Kier molecular flexibility index (Phi) is 4.14. The van der Waals surface area contributed by atoms with E-state index in [2.05, 4.69) is 29.3 Å². The van der Waals surface area contributed by atoms with Crippen molar-refractivity contribution in [3.05, 3.63) is 0 Å². The smallest absolute Gasteiger partial charge is 0.0170 e. The van der Waals surface area contributed by atoms with E-state index < -0.39 is 0 Å². The molecule has 2 N–H and O–H groups in total. The molecule has 3 unspecified atom stereocenters. The van der Waals surface area contributed by atoms with Gasteiger partial charge < -0.3 is 10.6 Å². The van der Waals surface area contributed by atoms with Gasteiger partial charge in [0.05, 0.1) is 0 Å². The quantitative estimate of drug-likeness (QED) is 0.675. The van der Waals surface area contributed by atoms with E-state index in [1.165, 1.54) is 44.0 Å². The average molecular weight is 214 g/mol. The summed E-state index contributed by atoms with van der Waals surface area (Å²) < 4.78 is 0. The number of rotatable bonds is 5. The van der Waals surface area contributed by atoms with Gasteiger partial charge in [0.15, 0.2) is 0 Å². The normalized spacial score (nSPS) is 37.1. The van der Waals surface area contributed by atoms with Gasteiger partial charge in [-0.3, -0.25) is 0 Å². The van der Waals surface area contributed by atoms with Crippen LogP contribution in [-0.4, -0.2) is 37.2 Å². The van der Waals surface area contributed by atoms with Crippen molar-refractivity contribution >= 4 is 11.8 Å². The number of hydrogen-bond acceptors (Lipinski definition) is 3. The zero-order valence-electron chi connectivity index (χ0n) is 9.09. The molecule has 2 fully saturated rings. The molecule has 1 saturated heterocycles. The van der Waals surface area contributed by atoms with Crippen LogP contribution < -0.4 is 10.6 Å². The summed E-state index contributed by atoms with van der Waals surface area (Å²) in [5.74, 6) is 4.58. The van der Waals surface area contributed by atoms with E-state index in [0.717, 1.165) is 17.9 Å². The molecule has 82 valence electrons. The first-order chi connectivity index (χ1) is 6.86. The highest BCUT2D eigenvalue weighted by Crippen LogP contribution is 2.36. The Labute approximate surface area is 91.6 Å². The van der Waals surface area contributed by atoms with Gasteiger partial charge in [-0.15, -0.1) is 0 Å². The average Bonchev–Trinajstić information content (AvgIpc) is 2.91. The first-order valence-electron chi connectivity index (χ1n) is 5.88. The van der Waals surface area contributed by atoms with Gasteiger partial charge in [0.2, 0.25) is 0 Å². The summed E-state index contributed by atoms with van der Waals surface area (Å²) in [6.45, 7) is 6.00. The third kappa shape index (κ3) is 3.44. The predicted molar refractivity (Wildman–Crippen MR) is 63.9 cm³/mol. The largest absolute Gasteiger partial charge is 0.316 e. The van der Waals surface area contributed by atoms with Crippen molar-refractivity contribution in [2.24, 2.45) is 11.8 Å². The molecule has 0 bridgehead atoms. The zero-order chi connectivity index (χ0) is 9.80. The zero-order valence-corrected chi connectivity index (χ0v) is 9.91. The van der Waals surface area contributed by atoms with Gasteiger partial charge in [-0.25, -0.2) is 0 Å². The van der Waals surface area contributed by atoms with Crippen molar-refractivity contribution in [1.29, 1.82) is 0 Å². The van der Waals surface area contributed by atoms with Crippen LogP contribution in [0.5, 0.6) is 0 Å². The van der Waals surface area contributed by atoms with Crippen molar-refractivity contribution in [1.82, 2.24) is 10.6 Å². The molecule has 0 aromatic heterocycles. The molecule has 0 amide bonds. The molecule has 2 rings (SSSR count). The fraction of sp³-hybridized carbons (Fsp3) is 1.00. The van der Waals surface area contributed by atoms with Crippen LogP contribution >= 0.6 is 11.8 Å². The van der Waals surface area contributed by atoms with Gasteiger partial charge in [-0.05, 0) is 37.8 Å². The maximum absolute atomic E-state index is 3.58. The molecule has 2 nitrogen and oxygen atoms in total. The molecule has 1 aliphatic heterocycles. The summed E-state index contributed by atoms with van der Waals surface area (Å²) in [7, 11) is 0. The lowest BCUT2D eigenvalue weighted by atomic mass is 10.2. The van der Waals surface area contributed by atoms with E-state index in [1.807, 2.05) is 0 Å². The maximum atomic E-state index is 3.58. The minimum atomic E-state index is 0.762. The Bertz CT molecular complexity index is 169. The molecule has 0 radical (unpaired) electrons. The lowest BCUT2D eigenvalue weighted by Gasteiger charge is -2.23. The Balaban J connectivity index is 1.45. The van der Waals surface area contributed by atoms with Crippen LogP contribution in [0.4, 0.5) is 0 Å². The molecule has 14 heavy (non-hydrogen) atoms. The topological polar surface area (TPSA) is 24.1 Å². The SMILES string of the molecule is CC1CC1CNCCC1CSCCN1. The van der Waals surface area contributed by atoms with Crippen molar-refractivity contribution in [2.45, 2.75) is 25.8 Å². The van der Waals surface area contributed by atoms with Gasteiger partial charge >= 0.3 is 0 Å². The Morgan fingerprint density at radius 2 is 2.36 bits per heavy atom. The lowest BCUT2D eigenvalue weighted by Crippen LogP contribution is -2.39. The van der Waals surface area contributed by atoms with Gasteiger partial charge in [-0.1, -0.05) is 6.92 Å². The van der Waals surface area contributed by atoms with E-state index >= 15 is 0 Å². The monoisotopic (exact) mass is 214 g/mol. The van der Waals surface area contributed by atoms with Crippen molar-refractivity contribution in [3.8, 4) is 0 Å². The second-order valence-electron chi connectivity index (χ2n) is 4.69. The first-order valence-corrected chi connectivity index (χ1v) is 7.03. The van der Waals surface area contributed by atoms with E-state index in [0.29, 0.717) is 0 Å². The Morgan fingerprint density at radius 3 is 3.00 bits per heavy atom. The molecule has 0 aromatic carbocycles. The fourth-order valence-corrected chi connectivity index (χ4v) is 3.05. The molecule has 1 aliphatic carbocycles. The summed E-state index contributed by atoms with van der Waals surface area (Å²) in [6.07, 6.45) is 2.75. The highest BCUT2D eigenvalue weighted by Gasteiger charge is 2.31. The molecular weight excluding hydrogens is 192 g/mol. The molecular formula is C11H22N2S. The van der Waals surface area contributed by atoms with Crippen LogP contribution in [0, 0.1) is 11.8 Å². The van der Waals surface area contributed by atoms with E-state index in [4.69, 9.17) is 0 Å². The number of thioether (sulfide) groups is 1. The van der Waals surface area contributed by atoms with Gasteiger partial charge in [0.25, 0.3) is 0 Å². The Hall–Kier alpha value is 0.270. The Morgan fingerprint density at radius 1 is 1.50 bits per heavy atom. The van der Waals surface area contributed by atoms with Crippen LogP contribution in [0.1, 0.15) is 19.8 Å². The third-order valence-corrected chi connectivity index (χ3v) is 4.48. The van der Waals surface area contributed by atoms with Crippen molar-refractivity contribution in [2.75, 3.05) is 31.1 Å². The van der Waals surface area contributed by atoms with Crippen LogP contribution in [0.25, 0.3) is 0 Å². The van der Waals surface area contributed by atoms with Crippen molar-refractivity contribution < 1.29 is 0 Å². The van der Waals surface area contributed by atoms with Crippen LogP contribution in [0.15, 0.2) is 0 Å². The van der Waals surface area contributed by atoms with E-state index in [-0.39, 0.29) is 0 Å². The summed E-state index contributed by atoms with van der Waals surface area (Å²) in [5.41, 5.74) is 0. The maximum Gasteiger partial charge on any atom is 0.0170 e. The first kappa shape index (κ1) is 10.8.